The third kappa shape index (κ3) is 1.58. The van der Waals surface area contributed by atoms with Crippen LogP contribution in [0.4, 0.5) is 0 Å². The van der Waals surface area contributed by atoms with E-state index in [1.807, 2.05) is 0 Å². The van der Waals surface area contributed by atoms with Gasteiger partial charge in [0.1, 0.15) is 6.10 Å². The fourth-order valence-electron chi connectivity index (χ4n) is 0.763. The maximum Gasteiger partial charge on any atom is 0.104 e. The van der Waals surface area contributed by atoms with Crippen molar-refractivity contribution in [3.05, 3.63) is 0 Å². The third-order valence-electron chi connectivity index (χ3n) is 1.37. The molecule has 0 aromatic carbocycles. The highest BCUT2D eigenvalue weighted by atomic mass is 32.1. The summed E-state index contributed by atoms with van der Waals surface area (Å²) in [5, 5.41) is 17.7. The van der Waals surface area contributed by atoms with Gasteiger partial charge >= 0.3 is 0 Å². The van der Waals surface area contributed by atoms with E-state index in [0.29, 0.717) is 6.61 Å². The summed E-state index contributed by atoms with van der Waals surface area (Å²) in [5.74, 6) is 0. The fraction of sp³-hybridized carbons (Fsp3) is 1.00. The summed E-state index contributed by atoms with van der Waals surface area (Å²) in [6.07, 6.45) is -1.50. The lowest BCUT2D eigenvalue weighted by Gasteiger charge is -2.28. The molecule has 9 heavy (non-hydrogen) atoms. The summed E-state index contributed by atoms with van der Waals surface area (Å²) in [6, 6.07) is 0. The Morgan fingerprint density at radius 1 is 1.33 bits per heavy atom. The molecule has 0 unspecified atom stereocenters. The minimum absolute atomic E-state index is 0.220. The van der Waals surface area contributed by atoms with Crippen molar-refractivity contribution in [2.75, 3.05) is 13.2 Å². The smallest absolute Gasteiger partial charge is 0.104 e. The molecule has 0 aromatic rings. The van der Waals surface area contributed by atoms with Crippen molar-refractivity contribution >= 4 is 12.6 Å². The molecule has 1 aliphatic heterocycles. The first-order valence-corrected chi connectivity index (χ1v) is 3.35. The number of thiol groups is 1. The maximum atomic E-state index is 9.04. The van der Waals surface area contributed by atoms with Gasteiger partial charge in [0.2, 0.25) is 0 Å². The van der Waals surface area contributed by atoms with Crippen LogP contribution >= 0.6 is 12.6 Å². The molecule has 0 spiro atoms. The van der Waals surface area contributed by atoms with Crippen molar-refractivity contribution in [1.82, 2.24) is 0 Å². The van der Waals surface area contributed by atoms with Crippen LogP contribution in [0.3, 0.4) is 0 Å². The molecule has 1 rings (SSSR count). The first-order chi connectivity index (χ1) is 4.22. The van der Waals surface area contributed by atoms with Crippen LogP contribution in [-0.2, 0) is 4.74 Å². The Bertz CT molecular complexity index is 88.2. The monoisotopic (exact) mass is 150 g/mol. The number of ether oxygens (including phenoxy) is 1. The summed E-state index contributed by atoms with van der Waals surface area (Å²) in [7, 11) is 0. The average molecular weight is 150 g/mol. The van der Waals surface area contributed by atoms with Crippen LogP contribution in [-0.4, -0.2) is 40.9 Å². The molecule has 3 nitrogen and oxygen atoms in total. The van der Waals surface area contributed by atoms with Crippen LogP contribution in [0.2, 0.25) is 0 Å². The van der Waals surface area contributed by atoms with Gasteiger partial charge in [-0.2, -0.15) is 12.6 Å². The Morgan fingerprint density at radius 3 is 2.44 bits per heavy atom. The molecule has 54 valence electrons. The molecular formula is C5H10O3S. The van der Waals surface area contributed by atoms with E-state index in [1.165, 1.54) is 0 Å². The lowest BCUT2D eigenvalue weighted by Crippen LogP contribution is -2.44. The molecule has 2 N–H and O–H groups in total. The highest BCUT2D eigenvalue weighted by Gasteiger charge is 2.28. The molecule has 0 aromatic heterocycles. The first-order valence-electron chi connectivity index (χ1n) is 2.84. The number of aliphatic hydroxyl groups excluding tert-OH is 2. The van der Waals surface area contributed by atoms with Crippen molar-refractivity contribution < 1.29 is 14.9 Å². The van der Waals surface area contributed by atoms with Crippen molar-refractivity contribution in [3.63, 3.8) is 0 Å². The second-order valence-corrected chi connectivity index (χ2v) is 2.83. The largest absolute Gasteiger partial charge is 0.389 e. The second kappa shape index (κ2) is 2.88. The molecule has 1 aliphatic rings. The Kier molecular flexibility index (Phi) is 2.35. The Balaban J connectivity index is 2.41. The van der Waals surface area contributed by atoms with E-state index in [-0.39, 0.29) is 11.9 Å². The van der Waals surface area contributed by atoms with Gasteiger partial charge in [-0.3, -0.25) is 0 Å². The van der Waals surface area contributed by atoms with E-state index in [0.717, 1.165) is 0 Å². The zero-order valence-electron chi connectivity index (χ0n) is 4.90. The van der Waals surface area contributed by atoms with E-state index < -0.39 is 12.2 Å². The van der Waals surface area contributed by atoms with E-state index in [2.05, 4.69) is 12.6 Å². The third-order valence-corrected chi connectivity index (χ3v) is 1.82. The Hall–Kier alpha value is 0.230. The predicted molar refractivity (Wildman–Crippen MR) is 35.6 cm³/mol. The van der Waals surface area contributed by atoms with Gasteiger partial charge < -0.3 is 14.9 Å². The van der Waals surface area contributed by atoms with E-state index in [4.69, 9.17) is 14.9 Å². The molecule has 0 saturated carbocycles. The van der Waals surface area contributed by atoms with Crippen LogP contribution in [0.15, 0.2) is 0 Å². The minimum Gasteiger partial charge on any atom is -0.389 e. The molecule has 0 aliphatic carbocycles. The molecule has 1 saturated heterocycles. The Morgan fingerprint density at radius 2 is 2.00 bits per heavy atom. The topological polar surface area (TPSA) is 49.7 Å². The van der Waals surface area contributed by atoms with Crippen LogP contribution in [0, 0.1) is 0 Å². The number of hydrogen-bond acceptors (Lipinski definition) is 4. The quantitative estimate of drug-likeness (QED) is 0.390. The van der Waals surface area contributed by atoms with E-state index in [1.54, 1.807) is 0 Å². The lowest BCUT2D eigenvalue weighted by atomic mass is 10.1. The predicted octanol–water partition coefficient (Wildman–Crippen LogP) is -0.963. The SMILES string of the molecule is O[C@H]1[C@H](O)COC[C@@H]1S. The van der Waals surface area contributed by atoms with Crippen molar-refractivity contribution in [1.29, 1.82) is 0 Å². The number of rotatable bonds is 0. The van der Waals surface area contributed by atoms with Crippen molar-refractivity contribution in [2.24, 2.45) is 0 Å². The zero-order chi connectivity index (χ0) is 6.85. The van der Waals surface area contributed by atoms with Gasteiger partial charge in [-0.05, 0) is 0 Å². The Labute approximate surface area is 59.1 Å². The summed E-state index contributed by atoms with van der Waals surface area (Å²) in [4.78, 5) is 0. The molecule has 1 fully saturated rings. The van der Waals surface area contributed by atoms with Gasteiger partial charge in [-0.25, -0.2) is 0 Å². The molecule has 4 heteroatoms. The average Bonchev–Trinajstić information content (AvgIpc) is 1.83. The van der Waals surface area contributed by atoms with Crippen LogP contribution < -0.4 is 0 Å². The molecule has 1 heterocycles. The van der Waals surface area contributed by atoms with Crippen LogP contribution in [0.25, 0.3) is 0 Å². The fourth-order valence-corrected chi connectivity index (χ4v) is 1.07. The van der Waals surface area contributed by atoms with Gasteiger partial charge in [0.25, 0.3) is 0 Å². The maximum absolute atomic E-state index is 9.04. The lowest BCUT2D eigenvalue weighted by molar-refractivity contribution is -0.0802. The summed E-state index contributed by atoms with van der Waals surface area (Å²) >= 11 is 3.98. The zero-order valence-corrected chi connectivity index (χ0v) is 5.79. The standard InChI is InChI=1S/C5H10O3S/c6-3-1-8-2-4(9)5(3)7/h3-7,9H,1-2H2/t3-,4+,5+/m1/s1. The van der Waals surface area contributed by atoms with Crippen LogP contribution in [0.1, 0.15) is 0 Å². The molecular weight excluding hydrogens is 140 g/mol. The normalized spacial score (nSPS) is 45.0. The highest BCUT2D eigenvalue weighted by Crippen LogP contribution is 2.12. The highest BCUT2D eigenvalue weighted by molar-refractivity contribution is 7.81. The minimum atomic E-state index is -0.763. The van der Waals surface area contributed by atoms with Crippen LogP contribution in [0.5, 0.6) is 0 Å². The second-order valence-electron chi connectivity index (χ2n) is 2.16. The van der Waals surface area contributed by atoms with Gasteiger partial charge in [-0.1, -0.05) is 0 Å². The summed E-state index contributed by atoms with van der Waals surface area (Å²) in [6.45, 7) is 0.638. The van der Waals surface area contributed by atoms with E-state index in [9.17, 15) is 0 Å². The summed E-state index contributed by atoms with van der Waals surface area (Å²) in [5.41, 5.74) is 0. The summed E-state index contributed by atoms with van der Waals surface area (Å²) < 4.78 is 4.88. The molecule has 0 amide bonds. The van der Waals surface area contributed by atoms with Gasteiger partial charge in [0.05, 0.1) is 24.6 Å². The number of hydrogen-bond donors (Lipinski definition) is 3. The van der Waals surface area contributed by atoms with Gasteiger partial charge in [0, 0.05) is 0 Å². The van der Waals surface area contributed by atoms with Gasteiger partial charge in [-0.15, -0.1) is 0 Å². The molecule has 0 radical (unpaired) electrons. The first kappa shape index (κ1) is 7.34. The van der Waals surface area contributed by atoms with E-state index >= 15 is 0 Å². The van der Waals surface area contributed by atoms with Crippen molar-refractivity contribution in [3.8, 4) is 0 Å². The molecule has 0 bridgehead atoms. The number of aliphatic hydroxyl groups is 2. The van der Waals surface area contributed by atoms with Gasteiger partial charge in [0.15, 0.2) is 0 Å². The molecule has 3 atom stereocenters. The van der Waals surface area contributed by atoms with Crippen molar-refractivity contribution in [2.45, 2.75) is 17.5 Å².